The third kappa shape index (κ3) is 4.60. The first kappa shape index (κ1) is 22.5. The lowest BCUT2D eigenvalue weighted by Gasteiger charge is -2.43. The summed E-state index contributed by atoms with van der Waals surface area (Å²) in [6, 6.07) is 7.96. The minimum atomic E-state index is -0.274. The summed E-state index contributed by atoms with van der Waals surface area (Å²) in [4.78, 5) is 26.6. The Bertz CT molecular complexity index is 860. The van der Waals surface area contributed by atoms with Crippen LogP contribution in [0.2, 0.25) is 5.02 Å². The molecule has 0 radical (unpaired) electrons. The molecule has 0 saturated heterocycles. The molecule has 0 aliphatic heterocycles. The molecule has 6 nitrogen and oxygen atoms in total. The topological polar surface area (TPSA) is 61.4 Å². The lowest BCUT2D eigenvalue weighted by Crippen LogP contribution is -2.40. The summed E-state index contributed by atoms with van der Waals surface area (Å²) in [6.07, 6.45) is 4.73. The lowest BCUT2D eigenvalue weighted by atomic mass is 9.61. The van der Waals surface area contributed by atoms with E-state index in [9.17, 15) is 4.79 Å². The second-order valence-electron chi connectivity index (χ2n) is 8.11. The van der Waals surface area contributed by atoms with Crippen LogP contribution >= 0.6 is 11.6 Å². The zero-order chi connectivity index (χ0) is 21.7. The fourth-order valence-electron chi connectivity index (χ4n) is 4.02. The van der Waals surface area contributed by atoms with Gasteiger partial charge in [0.1, 0.15) is 0 Å². The molecule has 1 heterocycles. The van der Waals surface area contributed by atoms with Crippen molar-refractivity contribution in [1.29, 1.82) is 0 Å². The van der Waals surface area contributed by atoms with Gasteiger partial charge in [-0.05, 0) is 58.5 Å². The SMILES string of the molecule is CCN(CC)C(=O)c1cnc(NCCN(C)C)nc1C1(c2ccc(Cl)cc2)CCC1. The highest BCUT2D eigenvalue weighted by Gasteiger charge is 2.44. The second-order valence-corrected chi connectivity index (χ2v) is 8.54. The van der Waals surface area contributed by atoms with Crippen molar-refractivity contribution in [2.24, 2.45) is 0 Å². The minimum absolute atomic E-state index is 0.00456. The Labute approximate surface area is 184 Å². The van der Waals surface area contributed by atoms with E-state index in [1.165, 1.54) is 0 Å². The molecule has 3 rings (SSSR count). The molecule has 2 aromatic rings. The van der Waals surface area contributed by atoms with Gasteiger partial charge in [-0.2, -0.15) is 0 Å². The van der Waals surface area contributed by atoms with E-state index in [0.29, 0.717) is 29.6 Å². The predicted octanol–water partition coefficient (Wildman–Crippen LogP) is 4.06. The van der Waals surface area contributed by atoms with Gasteiger partial charge in [-0.3, -0.25) is 4.79 Å². The van der Waals surface area contributed by atoms with E-state index in [1.807, 2.05) is 45.0 Å². The van der Waals surface area contributed by atoms with Gasteiger partial charge in [0.2, 0.25) is 5.95 Å². The van der Waals surface area contributed by atoms with Crippen LogP contribution in [-0.4, -0.2) is 65.9 Å². The van der Waals surface area contributed by atoms with E-state index in [4.69, 9.17) is 16.6 Å². The van der Waals surface area contributed by atoms with Crippen LogP contribution in [0.3, 0.4) is 0 Å². The zero-order valence-electron chi connectivity index (χ0n) is 18.4. The summed E-state index contributed by atoms with van der Waals surface area (Å²) in [7, 11) is 4.06. The molecule has 1 N–H and O–H groups in total. The molecule has 1 aliphatic carbocycles. The van der Waals surface area contributed by atoms with E-state index in [2.05, 4.69) is 27.3 Å². The number of aromatic nitrogens is 2. The van der Waals surface area contributed by atoms with Crippen LogP contribution < -0.4 is 5.32 Å². The summed E-state index contributed by atoms with van der Waals surface area (Å²) in [5.74, 6) is 0.568. The summed E-state index contributed by atoms with van der Waals surface area (Å²) >= 11 is 6.14. The number of hydrogen-bond acceptors (Lipinski definition) is 5. The molecule has 30 heavy (non-hydrogen) atoms. The highest BCUT2D eigenvalue weighted by molar-refractivity contribution is 6.30. The molecular weight excluding hydrogens is 398 g/mol. The molecular formula is C23H32ClN5O. The Morgan fingerprint density at radius 3 is 2.37 bits per heavy atom. The molecule has 7 heteroatoms. The van der Waals surface area contributed by atoms with Crippen LogP contribution in [0.4, 0.5) is 5.95 Å². The van der Waals surface area contributed by atoms with Gasteiger partial charge in [-0.15, -0.1) is 0 Å². The number of likely N-dealkylation sites (N-methyl/N-ethyl adjacent to an activating group) is 1. The average molecular weight is 430 g/mol. The van der Waals surface area contributed by atoms with Crippen molar-refractivity contribution in [3.05, 3.63) is 52.3 Å². The van der Waals surface area contributed by atoms with Gasteiger partial charge >= 0.3 is 0 Å². The Balaban J connectivity index is 2.05. The average Bonchev–Trinajstić information content (AvgIpc) is 2.69. The van der Waals surface area contributed by atoms with Crippen molar-refractivity contribution in [1.82, 2.24) is 19.8 Å². The molecule has 162 valence electrons. The van der Waals surface area contributed by atoms with Crippen molar-refractivity contribution >= 4 is 23.5 Å². The predicted molar refractivity (Wildman–Crippen MR) is 122 cm³/mol. The lowest BCUT2D eigenvalue weighted by molar-refractivity contribution is 0.0767. The fraction of sp³-hybridized carbons (Fsp3) is 0.522. The Morgan fingerprint density at radius 2 is 1.83 bits per heavy atom. The number of nitrogens with one attached hydrogen (secondary N) is 1. The molecule has 1 saturated carbocycles. The number of benzene rings is 1. The minimum Gasteiger partial charge on any atom is -0.353 e. The molecule has 0 unspecified atom stereocenters. The van der Waals surface area contributed by atoms with Crippen molar-refractivity contribution in [2.45, 2.75) is 38.5 Å². The second kappa shape index (κ2) is 9.75. The number of nitrogens with zero attached hydrogens (tertiary/aromatic N) is 4. The third-order valence-corrected chi connectivity index (χ3v) is 6.22. The number of rotatable bonds is 9. The van der Waals surface area contributed by atoms with Crippen LogP contribution in [0.25, 0.3) is 0 Å². The van der Waals surface area contributed by atoms with Gasteiger partial charge in [-0.1, -0.05) is 30.2 Å². The van der Waals surface area contributed by atoms with E-state index in [1.54, 1.807) is 6.20 Å². The number of halogens is 1. The normalized spacial score (nSPS) is 15.0. The first-order valence-electron chi connectivity index (χ1n) is 10.7. The number of anilines is 1. The van der Waals surface area contributed by atoms with Crippen molar-refractivity contribution < 1.29 is 4.79 Å². The number of carbonyl (C=O) groups is 1. The molecule has 0 atom stereocenters. The molecule has 1 aromatic carbocycles. The summed E-state index contributed by atoms with van der Waals surface area (Å²) < 4.78 is 0. The maximum absolute atomic E-state index is 13.3. The van der Waals surface area contributed by atoms with E-state index in [-0.39, 0.29) is 11.3 Å². The quantitative estimate of drug-likeness (QED) is 0.651. The number of carbonyl (C=O) groups excluding carboxylic acids is 1. The van der Waals surface area contributed by atoms with Crippen LogP contribution in [0.15, 0.2) is 30.5 Å². The summed E-state index contributed by atoms with van der Waals surface area (Å²) in [5, 5.41) is 4.02. The number of hydrogen-bond donors (Lipinski definition) is 1. The van der Waals surface area contributed by atoms with Gasteiger partial charge in [0.15, 0.2) is 0 Å². The van der Waals surface area contributed by atoms with E-state index in [0.717, 1.165) is 43.6 Å². The van der Waals surface area contributed by atoms with Gasteiger partial charge in [0, 0.05) is 42.8 Å². The Hall–Kier alpha value is -2.18. The molecule has 0 bridgehead atoms. The molecule has 1 aromatic heterocycles. The van der Waals surface area contributed by atoms with Crippen LogP contribution in [0.5, 0.6) is 0 Å². The number of amides is 1. The zero-order valence-corrected chi connectivity index (χ0v) is 19.2. The molecule has 0 spiro atoms. The molecule has 1 fully saturated rings. The maximum Gasteiger partial charge on any atom is 0.257 e. The van der Waals surface area contributed by atoms with Crippen LogP contribution in [-0.2, 0) is 5.41 Å². The third-order valence-electron chi connectivity index (χ3n) is 5.97. The standard InChI is InChI=1S/C23H32ClN5O/c1-5-29(6-2)21(30)19-16-26-22(25-14-15-28(3)4)27-20(19)23(12-7-13-23)17-8-10-18(24)11-9-17/h8-11,16H,5-7,12-15H2,1-4H3,(H,25,26,27). The maximum atomic E-state index is 13.3. The first-order valence-corrected chi connectivity index (χ1v) is 11.1. The van der Waals surface area contributed by atoms with Gasteiger partial charge in [0.05, 0.1) is 11.3 Å². The highest BCUT2D eigenvalue weighted by atomic mass is 35.5. The van der Waals surface area contributed by atoms with Gasteiger partial charge in [-0.25, -0.2) is 9.97 Å². The molecule has 1 amide bonds. The smallest absolute Gasteiger partial charge is 0.257 e. The van der Waals surface area contributed by atoms with Crippen molar-refractivity contribution in [3.8, 4) is 0 Å². The van der Waals surface area contributed by atoms with E-state index < -0.39 is 0 Å². The monoisotopic (exact) mass is 429 g/mol. The van der Waals surface area contributed by atoms with Crippen LogP contribution in [0.1, 0.15) is 54.7 Å². The fourth-order valence-corrected chi connectivity index (χ4v) is 4.15. The largest absolute Gasteiger partial charge is 0.353 e. The molecule has 1 aliphatic rings. The van der Waals surface area contributed by atoms with E-state index >= 15 is 0 Å². The summed E-state index contributed by atoms with van der Waals surface area (Å²) in [5.41, 5.74) is 2.32. The first-order chi connectivity index (χ1) is 14.4. The van der Waals surface area contributed by atoms with Crippen molar-refractivity contribution in [2.75, 3.05) is 45.6 Å². The Kier molecular flexibility index (Phi) is 7.32. The van der Waals surface area contributed by atoms with Crippen LogP contribution in [0, 0.1) is 0 Å². The Morgan fingerprint density at radius 1 is 1.17 bits per heavy atom. The van der Waals surface area contributed by atoms with Gasteiger partial charge in [0.25, 0.3) is 5.91 Å². The highest BCUT2D eigenvalue weighted by Crippen LogP contribution is 2.49. The van der Waals surface area contributed by atoms with Crippen molar-refractivity contribution in [3.63, 3.8) is 0 Å². The summed E-state index contributed by atoms with van der Waals surface area (Å²) in [6.45, 7) is 6.93. The van der Waals surface area contributed by atoms with Gasteiger partial charge < -0.3 is 15.1 Å².